The van der Waals surface area contributed by atoms with Gasteiger partial charge in [-0.3, -0.25) is 0 Å². The summed E-state index contributed by atoms with van der Waals surface area (Å²) in [5.74, 6) is -0.588. The second kappa shape index (κ2) is 7.93. The zero-order chi connectivity index (χ0) is 16.4. The van der Waals surface area contributed by atoms with Crippen LogP contribution < -0.4 is 10.0 Å². The molecular weight excluding hydrogens is 419 g/mol. The molecule has 4 nitrogen and oxygen atoms in total. The van der Waals surface area contributed by atoms with Gasteiger partial charge in [-0.25, -0.2) is 17.5 Å². The van der Waals surface area contributed by atoms with Crippen LogP contribution in [0.15, 0.2) is 51.8 Å². The first kappa shape index (κ1) is 19.3. The highest BCUT2D eigenvalue weighted by atomic mass is 79.9. The Bertz CT molecular complexity index is 833. The van der Waals surface area contributed by atoms with Crippen LogP contribution in [0.25, 0.3) is 0 Å². The molecule has 0 saturated heterocycles. The van der Waals surface area contributed by atoms with Crippen molar-refractivity contribution in [3.63, 3.8) is 0 Å². The molecule has 24 heavy (non-hydrogen) atoms. The number of fused-ring (bicyclic) bond motifs is 1. The summed E-state index contributed by atoms with van der Waals surface area (Å²) in [5.41, 5.74) is 2.32. The maximum absolute atomic E-state index is 13.3. The van der Waals surface area contributed by atoms with Gasteiger partial charge in [-0.05, 0) is 58.2 Å². The standard InChI is InChI=1S/C16H16BrFN2O2S.ClH/c17-14-6-5-12(18)9-16(14)23(21,22)20-10-15-13-4-2-1-3-11(13)7-8-19-15;/h1-6,9,15,19-20H,7-8,10H2;1H. The van der Waals surface area contributed by atoms with Crippen LogP contribution in [0.2, 0.25) is 0 Å². The predicted molar refractivity (Wildman–Crippen MR) is 97.4 cm³/mol. The molecule has 1 aliphatic rings. The third-order valence-corrected chi connectivity index (χ3v) is 6.29. The molecule has 1 heterocycles. The van der Waals surface area contributed by atoms with Gasteiger partial charge in [-0.1, -0.05) is 24.3 Å². The SMILES string of the molecule is Cl.O=S(=O)(NCC1NCCc2ccccc21)c1cc(F)ccc1Br. The minimum absolute atomic E-state index is 0. The number of benzene rings is 2. The van der Waals surface area contributed by atoms with Gasteiger partial charge < -0.3 is 5.32 Å². The molecule has 0 radical (unpaired) electrons. The van der Waals surface area contributed by atoms with Crippen molar-refractivity contribution in [2.45, 2.75) is 17.4 Å². The summed E-state index contributed by atoms with van der Waals surface area (Å²) < 4.78 is 41.1. The van der Waals surface area contributed by atoms with Gasteiger partial charge in [0, 0.05) is 17.1 Å². The van der Waals surface area contributed by atoms with E-state index in [1.165, 1.54) is 17.7 Å². The maximum Gasteiger partial charge on any atom is 0.241 e. The van der Waals surface area contributed by atoms with E-state index in [1.54, 1.807) is 0 Å². The van der Waals surface area contributed by atoms with Gasteiger partial charge in [0.2, 0.25) is 10.0 Å². The van der Waals surface area contributed by atoms with Gasteiger partial charge in [0.15, 0.2) is 0 Å². The van der Waals surface area contributed by atoms with Crippen molar-refractivity contribution in [1.82, 2.24) is 10.0 Å². The number of halogens is 3. The molecule has 8 heteroatoms. The molecule has 2 aromatic carbocycles. The van der Waals surface area contributed by atoms with Crippen molar-refractivity contribution < 1.29 is 12.8 Å². The maximum atomic E-state index is 13.3. The van der Waals surface area contributed by atoms with E-state index in [-0.39, 0.29) is 29.9 Å². The van der Waals surface area contributed by atoms with Gasteiger partial charge in [-0.2, -0.15) is 0 Å². The molecule has 2 N–H and O–H groups in total. The third kappa shape index (κ3) is 4.15. The highest BCUT2D eigenvalue weighted by Gasteiger charge is 2.23. The Labute approximate surface area is 155 Å². The topological polar surface area (TPSA) is 58.2 Å². The molecule has 0 aliphatic carbocycles. The monoisotopic (exact) mass is 434 g/mol. The quantitative estimate of drug-likeness (QED) is 0.775. The lowest BCUT2D eigenvalue weighted by Gasteiger charge is -2.27. The summed E-state index contributed by atoms with van der Waals surface area (Å²) in [4.78, 5) is -0.0957. The van der Waals surface area contributed by atoms with Gasteiger partial charge in [0.1, 0.15) is 5.82 Å². The van der Waals surface area contributed by atoms with E-state index >= 15 is 0 Å². The molecule has 1 aliphatic heterocycles. The normalized spacial score (nSPS) is 17.0. The van der Waals surface area contributed by atoms with Crippen LogP contribution in [0, 0.1) is 5.82 Å². The van der Waals surface area contributed by atoms with E-state index in [9.17, 15) is 12.8 Å². The van der Waals surface area contributed by atoms with E-state index in [0.29, 0.717) is 4.47 Å². The number of hydrogen-bond acceptors (Lipinski definition) is 3. The van der Waals surface area contributed by atoms with Crippen molar-refractivity contribution in [2.24, 2.45) is 0 Å². The Kier molecular flexibility index (Phi) is 6.39. The van der Waals surface area contributed by atoms with Gasteiger partial charge >= 0.3 is 0 Å². The Morgan fingerprint density at radius 3 is 2.79 bits per heavy atom. The lowest BCUT2D eigenvalue weighted by atomic mass is 9.95. The van der Waals surface area contributed by atoms with Crippen molar-refractivity contribution >= 4 is 38.4 Å². The van der Waals surface area contributed by atoms with Crippen molar-refractivity contribution in [1.29, 1.82) is 0 Å². The second-order valence-electron chi connectivity index (χ2n) is 5.38. The Morgan fingerprint density at radius 1 is 1.25 bits per heavy atom. The minimum atomic E-state index is -3.79. The summed E-state index contributed by atoms with van der Waals surface area (Å²) in [6.07, 6.45) is 0.925. The predicted octanol–water partition coefficient (Wildman–Crippen LogP) is 3.18. The van der Waals surface area contributed by atoms with Crippen molar-refractivity contribution in [2.75, 3.05) is 13.1 Å². The Hall–Kier alpha value is -0.990. The molecule has 3 rings (SSSR count). The average molecular weight is 436 g/mol. The Balaban J connectivity index is 0.00000208. The highest BCUT2D eigenvalue weighted by molar-refractivity contribution is 9.10. The summed E-state index contributed by atoms with van der Waals surface area (Å²) in [5, 5.41) is 3.31. The third-order valence-electron chi connectivity index (χ3n) is 3.88. The molecule has 1 atom stereocenters. The van der Waals surface area contributed by atoms with Gasteiger partial charge in [0.05, 0.1) is 4.90 Å². The first-order valence-electron chi connectivity index (χ1n) is 7.23. The zero-order valence-corrected chi connectivity index (χ0v) is 15.8. The fraction of sp³-hybridized carbons (Fsp3) is 0.250. The van der Waals surface area contributed by atoms with E-state index < -0.39 is 15.8 Å². The fourth-order valence-electron chi connectivity index (χ4n) is 2.73. The molecule has 0 amide bonds. The van der Waals surface area contributed by atoms with Crippen LogP contribution in [-0.2, 0) is 16.4 Å². The lowest BCUT2D eigenvalue weighted by Crippen LogP contribution is -2.38. The first-order chi connectivity index (χ1) is 11.0. The Morgan fingerprint density at radius 2 is 2.00 bits per heavy atom. The molecule has 0 saturated carbocycles. The van der Waals surface area contributed by atoms with Crippen LogP contribution in [-0.4, -0.2) is 21.5 Å². The number of hydrogen-bond donors (Lipinski definition) is 2. The highest BCUT2D eigenvalue weighted by Crippen LogP contribution is 2.25. The fourth-order valence-corrected chi connectivity index (χ4v) is 4.75. The van der Waals surface area contributed by atoms with E-state index in [1.807, 2.05) is 18.2 Å². The number of nitrogens with one attached hydrogen (secondary N) is 2. The zero-order valence-electron chi connectivity index (χ0n) is 12.6. The number of sulfonamides is 1. The largest absolute Gasteiger partial charge is 0.308 e. The van der Waals surface area contributed by atoms with Crippen molar-refractivity contribution in [3.05, 3.63) is 63.9 Å². The van der Waals surface area contributed by atoms with E-state index in [4.69, 9.17) is 0 Å². The van der Waals surface area contributed by atoms with Crippen LogP contribution in [0.4, 0.5) is 4.39 Å². The van der Waals surface area contributed by atoms with Gasteiger partial charge in [0.25, 0.3) is 0 Å². The molecule has 0 fully saturated rings. The second-order valence-corrected chi connectivity index (χ2v) is 7.97. The lowest BCUT2D eigenvalue weighted by molar-refractivity contribution is 0.491. The molecule has 2 aromatic rings. The molecular formula is C16H17BrClFN2O2S. The van der Waals surface area contributed by atoms with E-state index in [0.717, 1.165) is 24.6 Å². The van der Waals surface area contributed by atoms with Crippen LogP contribution in [0.1, 0.15) is 17.2 Å². The molecule has 0 spiro atoms. The van der Waals surface area contributed by atoms with E-state index in [2.05, 4.69) is 32.0 Å². The van der Waals surface area contributed by atoms with Crippen LogP contribution >= 0.6 is 28.3 Å². The summed E-state index contributed by atoms with van der Waals surface area (Å²) in [6, 6.07) is 11.5. The van der Waals surface area contributed by atoms with Gasteiger partial charge in [-0.15, -0.1) is 12.4 Å². The van der Waals surface area contributed by atoms with Crippen LogP contribution in [0.5, 0.6) is 0 Å². The summed E-state index contributed by atoms with van der Waals surface area (Å²) in [7, 11) is -3.79. The molecule has 0 bridgehead atoms. The average Bonchev–Trinajstić information content (AvgIpc) is 2.55. The molecule has 1 unspecified atom stereocenters. The smallest absolute Gasteiger partial charge is 0.241 e. The minimum Gasteiger partial charge on any atom is -0.308 e. The molecule has 130 valence electrons. The molecule has 0 aromatic heterocycles. The van der Waals surface area contributed by atoms with Crippen molar-refractivity contribution in [3.8, 4) is 0 Å². The first-order valence-corrected chi connectivity index (χ1v) is 9.51. The summed E-state index contributed by atoms with van der Waals surface area (Å²) >= 11 is 3.16. The number of rotatable bonds is 4. The summed E-state index contributed by atoms with van der Waals surface area (Å²) in [6.45, 7) is 1.01. The van der Waals surface area contributed by atoms with Crippen LogP contribution in [0.3, 0.4) is 0 Å².